The Kier molecular flexibility index (Phi) is 5.81. The molecule has 1 aliphatic heterocycles. The number of nitrogens with zero attached hydrogens (tertiary/aromatic N) is 3. The van der Waals surface area contributed by atoms with E-state index in [0.29, 0.717) is 30.2 Å². The van der Waals surface area contributed by atoms with Crippen LogP contribution in [-0.4, -0.2) is 47.2 Å². The molecule has 2 heterocycles. The third-order valence-electron chi connectivity index (χ3n) is 5.19. The molecule has 2 aromatic carbocycles. The molecule has 1 fully saturated rings. The van der Waals surface area contributed by atoms with E-state index < -0.39 is 0 Å². The fourth-order valence-electron chi connectivity index (χ4n) is 3.56. The van der Waals surface area contributed by atoms with Gasteiger partial charge >= 0.3 is 0 Å². The van der Waals surface area contributed by atoms with Crippen LogP contribution in [0.3, 0.4) is 0 Å². The van der Waals surface area contributed by atoms with Gasteiger partial charge in [-0.15, -0.1) is 0 Å². The lowest BCUT2D eigenvalue weighted by atomic mass is 10.1. The second-order valence-corrected chi connectivity index (χ2v) is 7.57. The molecule has 150 valence electrons. The normalized spacial score (nSPS) is 14.7. The Morgan fingerprint density at radius 2 is 1.86 bits per heavy atom. The maximum atomic E-state index is 13.8. The molecule has 29 heavy (non-hydrogen) atoms. The Hall–Kier alpha value is -2.86. The molecule has 1 N–H and O–H groups in total. The zero-order valence-electron chi connectivity index (χ0n) is 15.9. The molecule has 0 saturated carbocycles. The summed E-state index contributed by atoms with van der Waals surface area (Å²) < 4.78 is 13.8. The van der Waals surface area contributed by atoms with Crippen LogP contribution in [0.25, 0.3) is 11.3 Å². The van der Waals surface area contributed by atoms with Gasteiger partial charge in [-0.3, -0.25) is 9.89 Å². The van der Waals surface area contributed by atoms with Crippen LogP contribution in [0.2, 0.25) is 5.02 Å². The number of nitrogens with one attached hydrogen (secondary N) is 1. The standard InChI is InChI=1S/C22H22ClFN4O/c23-18-8-6-16(7-9-18)20-15-21(26-25-20)27-10-3-11-28(13-12-27)22(29)14-17-4-1-2-5-19(17)24/h1-2,4-9,15H,3,10-14H2,(H,25,26). The molecule has 1 amide bonds. The van der Waals surface area contributed by atoms with Crippen LogP contribution in [0.15, 0.2) is 54.6 Å². The lowest BCUT2D eigenvalue weighted by Gasteiger charge is -2.22. The molecule has 1 aliphatic rings. The van der Waals surface area contributed by atoms with Crippen molar-refractivity contribution in [2.75, 3.05) is 31.1 Å². The molecule has 3 aromatic rings. The van der Waals surface area contributed by atoms with Crippen molar-refractivity contribution in [1.82, 2.24) is 15.1 Å². The summed E-state index contributed by atoms with van der Waals surface area (Å²) in [5, 5.41) is 8.22. The molecule has 0 unspecified atom stereocenters. The Bertz CT molecular complexity index is 988. The summed E-state index contributed by atoms with van der Waals surface area (Å²) in [6, 6.07) is 16.1. The van der Waals surface area contributed by atoms with E-state index in [-0.39, 0.29) is 18.1 Å². The summed E-state index contributed by atoms with van der Waals surface area (Å²) in [7, 11) is 0. The lowest BCUT2D eigenvalue weighted by Crippen LogP contribution is -2.36. The maximum absolute atomic E-state index is 13.8. The Balaban J connectivity index is 1.39. The topological polar surface area (TPSA) is 52.2 Å². The Morgan fingerprint density at radius 1 is 1.07 bits per heavy atom. The highest BCUT2D eigenvalue weighted by Crippen LogP contribution is 2.24. The van der Waals surface area contributed by atoms with Crippen LogP contribution in [-0.2, 0) is 11.2 Å². The van der Waals surface area contributed by atoms with Crippen LogP contribution >= 0.6 is 11.6 Å². The van der Waals surface area contributed by atoms with Gasteiger partial charge in [0.15, 0.2) is 5.82 Å². The predicted molar refractivity (Wildman–Crippen MR) is 113 cm³/mol. The number of amides is 1. The van der Waals surface area contributed by atoms with Crippen molar-refractivity contribution >= 4 is 23.3 Å². The van der Waals surface area contributed by atoms with E-state index in [2.05, 4.69) is 15.1 Å². The van der Waals surface area contributed by atoms with Crippen LogP contribution < -0.4 is 4.90 Å². The van der Waals surface area contributed by atoms with E-state index >= 15 is 0 Å². The first-order valence-electron chi connectivity index (χ1n) is 9.67. The van der Waals surface area contributed by atoms with Gasteiger partial charge in [0.2, 0.25) is 5.91 Å². The summed E-state index contributed by atoms with van der Waals surface area (Å²) in [4.78, 5) is 16.6. The van der Waals surface area contributed by atoms with Crippen molar-refractivity contribution in [1.29, 1.82) is 0 Å². The second-order valence-electron chi connectivity index (χ2n) is 7.14. The summed E-state index contributed by atoms with van der Waals surface area (Å²) in [6.45, 7) is 2.76. The fourth-order valence-corrected chi connectivity index (χ4v) is 3.69. The molecule has 0 spiro atoms. The van der Waals surface area contributed by atoms with Gasteiger partial charge in [0.1, 0.15) is 5.82 Å². The van der Waals surface area contributed by atoms with Crippen molar-refractivity contribution in [3.63, 3.8) is 0 Å². The summed E-state index contributed by atoms with van der Waals surface area (Å²) in [5.74, 6) is 0.489. The molecular weight excluding hydrogens is 391 g/mol. The lowest BCUT2D eigenvalue weighted by molar-refractivity contribution is -0.130. The largest absolute Gasteiger partial charge is 0.353 e. The van der Waals surface area contributed by atoms with Gasteiger partial charge in [0, 0.05) is 37.3 Å². The number of hydrogen-bond donors (Lipinski definition) is 1. The van der Waals surface area contributed by atoms with Crippen molar-refractivity contribution in [2.24, 2.45) is 0 Å². The third-order valence-corrected chi connectivity index (χ3v) is 5.44. The van der Waals surface area contributed by atoms with Gasteiger partial charge < -0.3 is 9.80 Å². The average molecular weight is 413 g/mol. The minimum Gasteiger partial charge on any atom is -0.353 e. The first-order chi connectivity index (χ1) is 14.1. The summed E-state index contributed by atoms with van der Waals surface area (Å²) >= 11 is 5.96. The van der Waals surface area contributed by atoms with Gasteiger partial charge in [-0.2, -0.15) is 5.10 Å². The SMILES string of the molecule is O=C(Cc1ccccc1F)N1CCCN(c2cc(-c3ccc(Cl)cc3)[nH]n2)CC1. The number of anilines is 1. The van der Waals surface area contributed by atoms with Crippen molar-refractivity contribution in [2.45, 2.75) is 12.8 Å². The molecule has 0 bridgehead atoms. The number of aromatic amines is 1. The van der Waals surface area contributed by atoms with E-state index in [4.69, 9.17) is 11.6 Å². The summed E-state index contributed by atoms with van der Waals surface area (Å²) in [6.07, 6.45) is 0.932. The van der Waals surface area contributed by atoms with E-state index in [1.807, 2.05) is 35.2 Å². The molecule has 0 radical (unpaired) electrons. The van der Waals surface area contributed by atoms with E-state index in [1.54, 1.807) is 18.2 Å². The highest BCUT2D eigenvalue weighted by Gasteiger charge is 2.21. The van der Waals surface area contributed by atoms with Crippen LogP contribution in [0.5, 0.6) is 0 Å². The van der Waals surface area contributed by atoms with Gasteiger partial charge in [0.05, 0.1) is 12.1 Å². The number of H-pyrrole nitrogens is 1. The number of carbonyl (C=O) groups excluding carboxylic acids is 1. The van der Waals surface area contributed by atoms with Gasteiger partial charge in [-0.25, -0.2) is 4.39 Å². The van der Waals surface area contributed by atoms with Crippen molar-refractivity contribution < 1.29 is 9.18 Å². The first-order valence-corrected chi connectivity index (χ1v) is 10.1. The average Bonchev–Trinajstić information content (AvgIpc) is 3.08. The van der Waals surface area contributed by atoms with Crippen LogP contribution in [0.4, 0.5) is 10.2 Å². The minimum absolute atomic E-state index is 0.0409. The van der Waals surface area contributed by atoms with Gasteiger partial charge in [-0.1, -0.05) is 41.9 Å². The highest BCUT2D eigenvalue weighted by atomic mass is 35.5. The highest BCUT2D eigenvalue weighted by molar-refractivity contribution is 6.30. The first kappa shape index (κ1) is 19.5. The molecule has 7 heteroatoms. The smallest absolute Gasteiger partial charge is 0.227 e. The van der Waals surface area contributed by atoms with Crippen LogP contribution in [0, 0.1) is 5.82 Å². The van der Waals surface area contributed by atoms with E-state index in [0.717, 1.165) is 30.0 Å². The molecule has 0 aliphatic carbocycles. The van der Waals surface area contributed by atoms with Crippen LogP contribution in [0.1, 0.15) is 12.0 Å². The van der Waals surface area contributed by atoms with E-state index in [1.165, 1.54) is 6.07 Å². The maximum Gasteiger partial charge on any atom is 0.227 e. The fraction of sp³-hybridized carbons (Fsp3) is 0.273. The van der Waals surface area contributed by atoms with E-state index in [9.17, 15) is 9.18 Å². The Morgan fingerprint density at radius 3 is 2.66 bits per heavy atom. The molecule has 5 nitrogen and oxygen atoms in total. The molecule has 4 rings (SSSR count). The number of aromatic nitrogens is 2. The number of carbonyl (C=O) groups is 1. The molecule has 1 aromatic heterocycles. The summed E-state index contributed by atoms with van der Waals surface area (Å²) in [5.41, 5.74) is 2.39. The molecule has 0 atom stereocenters. The van der Waals surface area contributed by atoms with Gasteiger partial charge in [-0.05, 0) is 35.7 Å². The Labute approximate surface area is 174 Å². The van der Waals surface area contributed by atoms with Crippen molar-refractivity contribution in [3.05, 3.63) is 71.0 Å². The zero-order valence-corrected chi connectivity index (χ0v) is 16.7. The monoisotopic (exact) mass is 412 g/mol. The van der Waals surface area contributed by atoms with Gasteiger partial charge in [0.25, 0.3) is 0 Å². The predicted octanol–water partition coefficient (Wildman–Crippen LogP) is 4.15. The van der Waals surface area contributed by atoms with Crippen molar-refractivity contribution in [3.8, 4) is 11.3 Å². The second kappa shape index (κ2) is 8.66. The minimum atomic E-state index is -0.330. The molecule has 1 saturated heterocycles. The molecular formula is C22H22ClFN4O. The third kappa shape index (κ3) is 4.59. The zero-order chi connectivity index (χ0) is 20.2. The number of benzene rings is 2. The number of rotatable bonds is 4. The number of hydrogen-bond acceptors (Lipinski definition) is 3. The quantitative estimate of drug-likeness (QED) is 0.700. The number of halogens is 2.